The Morgan fingerprint density at radius 3 is 1.86 bits per heavy atom. The molecule has 0 radical (unpaired) electrons. The fourth-order valence-electron chi connectivity index (χ4n) is 2.70. The van der Waals surface area contributed by atoms with E-state index in [1.807, 2.05) is 12.1 Å². The molecule has 2 rings (SSSR count). The Morgan fingerprint density at radius 2 is 1.14 bits per heavy atom. The first kappa shape index (κ1) is 16.1. The molecule has 0 amide bonds. The van der Waals surface area contributed by atoms with Gasteiger partial charge in [-0.2, -0.15) is 0 Å². The zero-order chi connectivity index (χ0) is 14.8. The number of halogens is 1. The zero-order valence-electron chi connectivity index (χ0n) is 12.7. The SMILES string of the molecule is Clc1ccccc1CCCCCCCCc1ccccc1. The second kappa shape index (κ2) is 9.63. The largest absolute Gasteiger partial charge is 0.0840 e. The Hall–Kier alpha value is -1.27. The molecule has 0 heterocycles. The molecular weight excluding hydrogens is 276 g/mol. The Kier molecular flexibility index (Phi) is 7.38. The number of rotatable bonds is 9. The summed E-state index contributed by atoms with van der Waals surface area (Å²) < 4.78 is 0. The van der Waals surface area contributed by atoms with Crippen molar-refractivity contribution in [1.29, 1.82) is 0 Å². The summed E-state index contributed by atoms with van der Waals surface area (Å²) in [7, 11) is 0. The summed E-state index contributed by atoms with van der Waals surface area (Å²) in [6.45, 7) is 0. The van der Waals surface area contributed by atoms with Crippen LogP contribution in [-0.2, 0) is 12.8 Å². The molecule has 0 saturated heterocycles. The van der Waals surface area contributed by atoms with Crippen LogP contribution >= 0.6 is 11.6 Å². The summed E-state index contributed by atoms with van der Waals surface area (Å²) >= 11 is 6.16. The van der Waals surface area contributed by atoms with Crippen LogP contribution in [-0.4, -0.2) is 0 Å². The first-order valence-corrected chi connectivity index (χ1v) is 8.51. The summed E-state index contributed by atoms with van der Waals surface area (Å²) in [5.74, 6) is 0. The average Bonchev–Trinajstić information content (AvgIpc) is 2.52. The van der Waals surface area contributed by atoms with E-state index in [-0.39, 0.29) is 0 Å². The van der Waals surface area contributed by atoms with Crippen LogP contribution in [0.1, 0.15) is 49.7 Å². The van der Waals surface area contributed by atoms with Crippen LogP contribution in [0, 0.1) is 0 Å². The maximum atomic E-state index is 6.16. The second-order valence-electron chi connectivity index (χ2n) is 5.70. The highest BCUT2D eigenvalue weighted by molar-refractivity contribution is 6.31. The van der Waals surface area contributed by atoms with Gasteiger partial charge in [-0.05, 0) is 42.9 Å². The lowest BCUT2D eigenvalue weighted by molar-refractivity contribution is 0.594. The predicted molar refractivity (Wildman–Crippen MR) is 93.0 cm³/mol. The van der Waals surface area contributed by atoms with Crippen molar-refractivity contribution in [1.82, 2.24) is 0 Å². The quantitative estimate of drug-likeness (QED) is 0.466. The van der Waals surface area contributed by atoms with E-state index >= 15 is 0 Å². The third kappa shape index (κ3) is 6.35. The molecule has 2 aromatic carbocycles. The van der Waals surface area contributed by atoms with Crippen LogP contribution in [0.5, 0.6) is 0 Å². The van der Waals surface area contributed by atoms with E-state index in [0.717, 1.165) is 11.4 Å². The molecule has 0 aromatic heterocycles. The van der Waals surface area contributed by atoms with Crippen LogP contribution in [0.3, 0.4) is 0 Å². The van der Waals surface area contributed by atoms with E-state index in [1.165, 1.54) is 56.1 Å². The van der Waals surface area contributed by atoms with E-state index in [4.69, 9.17) is 11.6 Å². The monoisotopic (exact) mass is 300 g/mol. The molecule has 0 unspecified atom stereocenters. The van der Waals surface area contributed by atoms with Gasteiger partial charge >= 0.3 is 0 Å². The fraction of sp³-hybridized carbons (Fsp3) is 0.400. The lowest BCUT2D eigenvalue weighted by Gasteiger charge is -2.04. The lowest BCUT2D eigenvalue weighted by Crippen LogP contribution is -1.88. The smallest absolute Gasteiger partial charge is 0.0437 e. The Morgan fingerprint density at radius 1 is 0.571 bits per heavy atom. The van der Waals surface area contributed by atoms with E-state index in [9.17, 15) is 0 Å². The van der Waals surface area contributed by atoms with Crippen LogP contribution in [0.2, 0.25) is 5.02 Å². The summed E-state index contributed by atoms with van der Waals surface area (Å²) in [6, 6.07) is 19.0. The topological polar surface area (TPSA) is 0 Å². The molecule has 21 heavy (non-hydrogen) atoms. The number of unbranched alkanes of at least 4 members (excludes halogenated alkanes) is 5. The molecule has 0 aliphatic heterocycles. The zero-order valence-corrected chi connectivity index (χ0v) is 13.5. The highest BCUT2D eigenvalue weighted by Gasteiger charge is 1.99. The Balaban J connectivity index is 1.48. The van der Waals surface area contributed by atoms with Gasteiger partial charge in [-0.25, -0.2) is 0 Å². The van der Waals surface area contributed by atoms with Gasteiger partial charge in [-0.3, -0.25) is 0 Å². The molecule has 2 aromatic rings. The van der Waals surface area contributed by atoms with Gasteiger partial charge in [0.2, 0.25) is 0 Å². The predicted octanol–water partition coefficient (Wildman–Crippen LogP) is 6.47. The summed E-state index contributed by atoms with van der Waals surface area (Å²) in [5.41, 5.74) is 2.76. The van der Waals surface area contributed by atoms with Crippen molar-refractivity contribution in [2.75, 3.05) is 0 Å². The van der Waals surface area contributed by atoms with E-state index in [1.54, 1.807) is 0 Å². The highest BCUT2D eigenvalue weighted by Crippen LogP contribution is 2.18. The van der Waals surface area contributed by atoms with Crippen molar-refractivity contribution in [2.24, 2.45) is 0 Å². The molecule has 0 nitrogen and oxygen atoms in total. The summed E-state index contributed by atoms with van der Waals surface area (Å²) in [4.78, 5) is 0. The van der Waals surface area contributed by atoms with Crippen molar-refractivity contribution >= 4 is 11.6 Å². The van der Waals surface area contributed by atoms with Gasteiger partial charge < -0.3 is 0 Å². The van der Waals surface area contributed by atoms with Crippen molar-refractivity contribution in [3.63, 3.8) is 0 Å². The van der Waals surface area contributed by atoms with Gasteiger partial charge in [-0.15, -0.1) is 0 Å². The van der Waals surface area contributed by atoms with Gasteiger partial charge in [0.25, 0.3) is 0 Å². The molecule has 0 atom stereocenters. The van der Waals surface area contributed by atoms with Crippen LogP contribution < -0.4 is 0 Å². The van der Waals surface area contributed by atoms with Crippen molar-refractivity contribution < 1.29 is 0 Å². The second-order valence-corrected chi connectivity index (χ2v) is 6.11. The van der Waals surface area contributed by atoms with Crippen molar-refractivity contribution in [3.05, 3.63) is 70.7 Å². The molecule has 0 aliphatic rings. The molecule has 112 valence electrons. The number of hydrogen-bond acceptors (Lipinski definition) is 0. The van der Waals surface area contributed by atoms with E-state index < -0.39 is 0 Å². The minimum absolute atomic E-state index is 0.917. The number of hydrogen-bond donors (Lipinski definition) is 0. The van der Waals surface area contributed by atoms with Crippen LogP contribution in [0.15, 0.2) is 54.6 Å². The lowest BCUT2D eigenvalue weighted by atomic mass is 10.0. The summed E-state index contributed by atoms with van der Waals surface area (Å²) in [6.07, 6.45) is 10.3. The molecule has 0 spiro atoms. The molecule has 0 fully saturated rings. The van der Waals surface area contributed by atoms with E-state index in [0.29, 0.717) is 0 Å². The number of benzene rings is 2. The molecule has 0 aliphatic carbocycles. The molecule has 0 N–H and O–H groups in total. The molecule has 0 bridgehead atoms. The van der Waals surface area contributed by atoms with Gasteiger partial charge in [0.1, 0.15) is 0 Å². The Bertz CT molecular complexity index is 504. The van der Waals surface area contributed by atoms with Gasteiger partial charge in [-0.1, -0.05) is 85.8 Å². The third-order valence-corrected chi connectivity index (χ3v) is 4.33. The standard InChI is InChI=1S/C20H25Cl/c21-20-17-11-10-16-19(20)15-9-4-2-1-3-6-12-18-13-7-5-8-14-18/h5,7-8,10-11,13-14,16-17H,1-4,6,9,12,15H2. The van der Waals surface area contributed by atoms with Gasteiger partial charge in [0.05, 0.1) is 0 Å². The molecule has 0 saturated carbocycles. The van der Waals surface area contributed by atoms with Crippen molar-refractivity contribution in [2.45, 2.75) is 51.4 Å². The van der Waals surface area contributed by atoms with Gasteiger partial charge in [0.15, 0.2) is 0 Å². The van der Waals surface area contributed by atoms with Gasteiger partial charge in [0, 0.05) is 5.02 Å². The molecular formula is C20H25Cl. The maximum absolute atomic E-state index is 6.16. The first-order valence-electron chi connectivity index (χ1n) is 8.13. The highest BCUT2D eigenvalue weighted by atomic mass is 35.5. The maximum Gasteiger partial charge on any atom is 0.0437 e. The van der Waals surface area contributed by atoms with Crippen LogP contribution in [0.4, 0.5) is 0 Å². The van der Waals surface area contributed by atoms with E-state index in [2.05, 4.69) is 42.5 Å². The van der Waals surface area contributed by atoms with Crippen molar-refractivity contribution in [3.8, 4) is 0 Å². The minimum atomic E-state index is 0.917. The van der Waals surface area contributed by atoms with Crippen LogP contribution in [0.25, 0.3) is 0 Å². The fourth-order valence-corrected chi connectivity index (χ4v) is 2.93. The summed E-state index contributed by atoms with van der Waals surface area (Å²) in [5, 5.41) is 0.917. The number of aryl methyl sites for hydroxylation is 2. The molecule has 1 heteroatoms. The average molecular weight is 301 g/mol. The Labute approximate surface area is 134 Å². The third-order valence-electron chi connectivity index (χ3n) is 3.96. The first-order chi connectivity index (χ1) is 10.4. The minimum Gasteiger partial charge on any atom is -0.0840 e. The normalized spacial score (nSPS) is 10.7.